The number of pyridine rings is 1. The number of hydrogen-bond acceptors (Lipinski definition) is 4. The number of carbonyl (C=O) groups is 1. The van der Waals surface area contributed by atoms with Crippen LogP contribution in [0.3, 0.4) is 0 Å². The van der Waals surface area contributed by atoms with E-state index in [4.69, 9.17) is 0 Å². The fourth-order valence-corrected chi connectivity index (χ4v) is 1.76. The Balaban J connectivity index is 2.08. The van der Waals surface area contributed by atoms with Crippen LogP contribution in [0, 0.1) is 20.8 Å². The summed E-state index contributed by atoms with van der Waals surface area (Å²) in [5, 5.41) is 2.86. The van der Waals surface area contributed by atoms with Crippen molar-refractivity contribution in [3.05, 3.63) is 52.9 Å². The van der Waals surface area contributed by atoms with Crippen LogP contribution in [-0.4, -0.2) is 20.9 Å². The predicted octanol–water partition coefficient (Wildman–Crippen LogP) is 1.73. The molecule has 5 nitrogen and oxygen atoms in total. The molecular weight excluding hydrogens is 240 g/mol. The molecule has 1 amide bonds. The molecule has 2 aromatic heterocycles. The molecule has 2 heterocycles. The van der Waals surface area contributed by atoms with Gasteiger partial charge in [-0.05, 0) is 38.0 Å². The molecule has 0 aliphatic rings. The number of rotatable bonds is 3. The average Bonchev–Trinajstić information content (AvgIpc) is 2.37. The molecular formula is C14H16N4O. The fraction of sp³-hybridized carbons (Fsp3) is 0.286. The van der Waals surface area contributed by atoms with Gasteiger partial charge in [-0.2, -0.15) is 0 Å². The second kappa shape index (κ2) is 5.56. The Morgan fingerprint density at radius 3 is 2.74 bits per heavy atom. The highest BCUT2D eigenvalue weighted by Gasteiger charge is 2.10. The molecule has 2 aromatic rings. The van der Waals surface area contributed by atoms with Crippen LogP contribution >= 0.6 is 0 Å². The largest absolute Gasteiger partial charge is 0.348 e. The number of hydrogen-bond donors (Lipinski definition) is 1. The minimum absolute atomic E-state index is 0.166. The van der Waals surface area contributed by atoms with Crippen LogP contribution in [0.1, 0.15) is 33.0 Å². The van der Waals surface area contributed by atoms with Crippen LogP contribution in [0.15, 0.2) is 24.7 Å². The van der Waals surface area contributed by atoms with Gasteiger partial charge in [0.2, 0.25) is 0 Å². The summed E-state index contributed by atoms with van der Waals surface area (Å²) in [6, 6.07) is 1.92. The van der Waals surface area contributed by atoms with Crippen molar-refractivity contribution in [1.82, 2.24) is 20.3 Å². The molecule has 19 heavy (non-hydrogen) atoms. The first kappa shape index (κ1) is 13.1. The Kier molecular flexibility index (Phi) is 3.85. The summed E-state index contributed by atoms with van der Waals surface area (Å²) in [7, 11) is 0. The van der Waals surface area contributed by atoms with Gasteiger partial charge in [-0.3, -0.25) is 9.78 Å². The van der Waals surface area contributed by atoms with E-state index >= 15 is 0 Å². The van der Waals surface area contributed by atoms with Gasteiger partial charge in [-0.1, -0.05) is 0 Å². The van der Waals surface area contributed by atoms with E-state index in [1.54, 1.807) is 32.4 Å². The van der Waals surface area contributed by atoms with Gasteiger partial charge < -0.3 is 5.32 Å². The van der Waals surface area contributed by atoms with Gasteiger partial charge in [0.05, 0.1) is 11.3 Å². The van der Waals surface area contributed by atoms with E-state index in [1.165, 1.54) is 0 Å². The number of carbonyl (C=O) groups excluding carboxylic acids is 1. The van der Waals surface area contributed by atoms with Gasteiger partial charge in [0, 0.05) is 25.1 Å². The lowest BCUT2D eigenvalue weighted by atomic mass is 10.1. The Labute approximate surface area is 112 Å². The molecule has 0 bridgehead atoms. The average molecular weight is 256 g/mol. The maximum Gasteiger partial charge on any atom is 0.254 e. The molecule has 0 radical (unpaired) electrons. The molecule has 0 atom stereocenters. The van der Waals surface area contributed by atoms with Crippen molar-refractivity contribution in [3.63, 3.8) is 0 Å². The molecule has 0 aliphatic heterocycles. The molecule has 0 spiro atoms. The standard InChI is InChI=1S/C14H16N4O/c1-9-4-5-15-6-12(9)7-17-14(19)13-8-16-11(3)18-10(13)2/h4-6,8H,7H2,1-3H3,(H,17,19). The zero-order chi connectivity index (χ0) is 13.8. The minimum Gasteiger partial charge on any atom is -0.348 e. The fourth-order valence-electron chi connectivity index (χ4n) is 1.76. The van der Waals surface area contributed by atoms with Gasteiger partial charge in [0.25, 0.3) is 5.91 Å². The van der Waals surface area contributed by atoms with Gasteiger partial charge >= 0.3 is 0 Å². The zero-order valence-corrected chi connectivity index (χ0v) is 11.3. The van der Waals surface area contributed by atoms with Crippen molar-refractivity contribution in [2.45, 2.75) is 27.3 Å². The number of amides is 1. The van der Waals surface area contributed by atoms with Crippen LogP contribution in [-0.2, 0) is 6.54 Å². The summed E-state index contributed by atoms with van der Waals surface area (Å²) in [6.07, 6.45) is 5.05. The summed E-state index contributed by atoms with van der Waals surface area (Å²) in [5.74, 6) is 0.498. The molecule has 0 unspecified atom stereocenters. The normalized spacial score (nSPS) is 10.3. The molecule has 0 saturated heterocycles. The smallest absolute Gasteiger partial charge is 0.254 e. The first-order chi connectivity index (χ1) is 9.08. The highest BCUT2D eigenvalue weighted by molar-refractivity contribution is 5.94. The molecule has 0 aromatic carbocycles. The SMILES string of the molecule is Cc1ncc(C(=O)NCc2cnccc2C)c(C)n1. The Morgan fingerprint density at radius 1 is 1.26 bits per heavy atom. The van der Waals surface area contributed by atoms with Crippen molar-refractivity contribution in [2.75, 3.05) is 0 Å². The summed E-state index contributed by atoms with van der Waals surface area (Å²) in [5.41, 5.74) is 3.30. The van der Waals surface area contributed by atoms with E-state index < -0.39 is 0 Å². The second-order valence-electron chi connectivity index (χ2n) is 4.40. The van der Waals surface area contributed by atoms with Gasteiger partial charge in [0.1, 0.15) is 5.82 Å². The van der Waals surface area contributed by atoms with E-state index in [0.717, 1.165) is 11.1 Å². The van der Waals surface area contributed by atoms with Gasteiger partial charge in [-0.15, -0.1) is 0 Å². The lowest BCUT2D eigenvalue weighted by Gasteiger charge is -2.08. The Bertz CT molecular complexity index is 610. The van der Waals surface area contributed by atoms with Gasteiger partial charge in [0.15, 0.2) is 0 Å². The topological polar surface area (TPSA) is 67.8 Å². The van der Waals surface area contributed by atoms with Crippen molar-refractivity contribution in [2.24, 2.45) is 0 Å². The van der Waals surface area contributed by atoms with Gasteiger partial charge in [-0.25, -0.2) is 9.97 Å². The molecule has 0 fully saturated rings. The van der Waals surface area contributed by atoms with Crippen LogP contribution in [0.25, 0.3) is 0 Å². The van der Waals surface area contributed by atoms with Crippen molar-refractivity contribution < 1.29 is 4.79 Å². The monoisotopic (exact) mass is 256 g/mol. The molecule has 1 N–H and O–H groups in total. The van der Waals surface area contributed by atoms with E-state index in [9.17, 15) is 4.79 Å². The number of nitrogens with one attached hydrogen (secondary N) is 1. The molecule has 2 rings (SSSR count). The van der Waals surface area contributed by atoms with Crippen molar-refractivity contribution >= 4 is 5.91 Å². The highest BCUT2D eigenvalue weighted by atomic mass is 16.1. The Hall–Kier alpha value is -2.30. The third-order valence-corrected chi connectivity index (χ3v) is 2.93. The van der Waals surface area contributed by atoms with E-state index in [2.05, 4.69) is 20.3 Å². The molecule has 5 heteroatoms. The summed E-state index contributed by atoms with van der Waals surface area (Å²) in [4.78, 5) is 24.3. The summed E-state index contributed by atoms with van der Waals surface area (Å²) < 4.78 is 0. The minimum atomic E-state index is -0.166. The van der Waals surface area contributed by atoms with Crippen molar-refractivity contribution in [3.8, 4) is 0 Å². The van der Waals surface area contributed by atoms with Crippen LogP contribution in [0.2, 0.25) is 0 Å². The first-order valence-corrected chi connectivity index (χ1v) is 6.06. The summed E-state index contributed by atoms with van der Waals surface area (Å²) in [6.45, 7) is 6.04. The lowest BCUT2D eigenvalue weighted by molar-refractivity contribution is 0.0949. The molecule has 0 aliphatic carbocycles. The van der Waals surface area contributed by atoms with E-state index in [0.29, 0.717) is 23.6 Å². The number of nitrogens with zero attached hydrogens (tertiary/aromatic N) is 3. The van der Waals surface area contributed by atoms with Crippen molar-refractivity contribution in [1.29, 1.82) is 0 Å². The van der Waals surface area contributed by atoms with Crippen LogP contribution in [0.5, 0.6) is 0 Å². The van der Waals surface area contributed by atoms with Crippen LogP contribution < -0.4 is 5.32 Å². The predicted molar refractivity (Wildman–Crippen MR) is 71.7 cm³/mol. The lowest BCUT2D eigenvalue weighted by Crippen LogP contribution is -2.24. The quantitative estimate of drug-likeness (QED) is 0.908. The third kappa shape index (κ3) is 3.13. The van der Waals surface area contributed by atoms with E-state index in [1.807, 2.05) is 13.0 Å². The van der Waals surface area contributed by atoms with E-state index in [-0.39, 0.29) is 5.91 Å². The van der Waals surface area contributed by atoms with Crippen LogP contribution in [0.4, 0.5) is 0 Å². The Morgan fingerprint density at radius 2 is 2.05 bits per heavy atom. The second-order valence-corrected chi connectivity index (χ2v) is 4.40. The first-order valence-electron chi connectivity index (χ1n) is 6.06. The molecule has 0 saturated carbocycles. The summed E-state index contributed by atoms with van der Waals surface area (Å²) >= 11 is 0. The number of aromatic nitrogens is 3. The molecule has 98 valence electrons. The maximum atomic E-state index is 12.0. The number of aryl methyl sites for hydroxylation is 3. The highest BCUT2D eigenvalue weighted by Crippen LogP contribution is 2.07. The maximum absolute atomic E-state index is 12.0. The zero-order valence-electron chi connectivity index (χ0n) is 11.3. The third-order valence-electron chi connectivity index (χ3n) is 2.93.